The van der Waals surface area contributed by atoms with E-state index in [2.05, 4.69) is 10.6 Å². The summed E-state index contributed by atoms with van der Waals surface area (Å²) in [7, 11) is -3.44. The molecule has 0 spiro atoms. The molecule has 0 aromatic heterocycles. The zero-order valence-electron chi connectivity index (χ0n) is 16.6. The number of sulfone groups is 1. The van der Waals surface area contributed by atoms with Crippen molar-refractivity contribution in [1.82, 2.24) is 0 Å². The summed E-state index contributed by atoms with van der Waals surface area (Å²) >= 11 is 5.82. The number of hydrogen-bond donors (Lipinski definition) is 2. The lowest BCUT2D eigenvalue weighted by Crippen LogP contribution is -2.15. The lowest BCUT2D eigenvalue weighted by atomic mass is 10.1. The number of halogens is 2. The van der Waals surface area contributed by atoms with Crippen LogP contribution in [0.25, 0.3) is 0 Å². The van der Waals surface area contributed by atoms with Crippen molar-refractivity contribution in [2.24, 2.45) is 0 Å². The number of anilines is 2. The van der Waals surface area contributed by atoms with Crippen LogP contribution in [0.2, 0.25) is 5.02 Å². The van der Waals surface area contributed by atoms with Gasteiger partial charge in [0.05, 0.1) is 10.5 Å². The molecule has 160 valence electrons. The van der Waals surface area contributed by atoms with E-state index in [1.54, 1.807) is 25.1 Å². The number of amides is 2. The molecule has 2 N–H and O–H groups in total. The van der Waals surface area contributed by atoms with Crippen LogP contribution in [0.5, 0.6) is 0 Å². The third-order valence-corrected chi connectivity index (χ3v) is 5.78. The van der Waals surface area contributed by atoms with Crippen LogP contribution in [0.1, 0.15) is 26.3 Å². The lowest BCUT2D eigenvalue weighted by molar-refractivity contribution is 0.101. The van der Waals surface area contributed by atoms with Gasteiger partial charge in [-0.1, -0.05) is 17.7 Å². The Labute approximate surface area is 184 Å². The fourth-order valence-electron chi connectivity index (χ4n) is 2.81. The van der Waals surface area contributed by atoms with Crippen LogP contribution < -0.4 is 10.6 Å². The molecule has 0 aliphatic rings. The highest BCUT2D eigenvalue weighted by molar-refractivity contribution is 7.90. The Hall–Kier alpha value is -3.23. The van der Waals surface area contributed by atoms with Crippen LogP contribution in [-0.4, -0.2) is 26.5 Å². The molecule has 0 aliphatic carbocycles. The maximum atomic E-state index is 13.9. The average Bonchev–Trinajstić information content (AvgIpc) is 2.71. The van der Waals surface area contributed by atoms with Gasteiger partial charge >= 0.3 is 0 Å². The highest BCUT2D eigenvalue weighted by Crippen LogP contribution is 2.23. The number of benzene rings is 3. The molecular weight excluding hydrogens is 443 g/mol. The fourth-order valence-corrected chi connectivity index (χ4v) is 3.65. The summed E-state index contributed by atoms with van der Waals surface area (Å²) in [6.07, 6.45) is 1.07. The highest BCUT2D eigenvalue weighted by atomic mass is 35.5. The minimum absolute atomic E-state index is 0.0446. The van der Waals surface area contributed by atoms with Crippen molar-refractivity contribution >= 4 is 44.6 Å². The number of carbonyl (C=O) groups excluding carboxylic acids is 2. The zero-order chi connectivity index (χ0) is 22.8. The average molecular weight is 461 g/mol. The number of hydrogen-bond acceptors (Lipinski definition) is 4. The van der Waals surface area contributed by atoms with Gasteiger partial charge < -0.3 is 10.6 Å². The Morgan fingerprint density at radius 2 is 1.68 bits per heavy atom. The summed E-state index contributed by atoms with van der Waals surface area (Å²) in [4.78, 5) is 24.9. The van der Waals surface area contributed by atoms with Gasteiger partial charge in [0.1, 0.15) is 5.82 Å². The monoisotopic (exact) mass is 460 g/mol. The van der Waals surface area contributed by atoms with E-state index in [0.717, 1.165) is 12.3 Å². The fraction of sp³-hybridized carbons (Fsp3) is 0.0909. The van der Waals surface area contributed by atoms with Gasteiger partial charge in [-0.3, -0.25) is 9.59 Å². The molecule has 0 saturated heterocycles. The van der Waals surface area contributed by atoms with E-state index in [-0.39, 0.29) is 21.0 Å². The first kappa shape index (κ1) is 22.5. The van der Waals surface area contributed by atoms with Gasteiger partial charge in [-0.05, 0) is 67.1 Å². The molecule has 0 fully saturated rings. The highest BCUT2D eigenvalue weighted by Gasteiger charge is 2.15. The summed E-state index contributed by atoms with van der Waals surface area (Å²) in [5, 5.41) is 5.53. The molecule has 0 saturated carbocycles. The van der Waals surface area contributed by atoms with Crippen molar-refractivity contribution in [3.8, 4) is 0 Å². The Kier molecular flexibility index (Phi) is 6.42. The third-order valence-electron chi connectivity index (χ3n) is 4.43. The number of nitrogens with one attached hydrogen (secondary N) is 2. The largest absolute Gasteiger partial charge is 0.322 e. The predicted molar refractivity (Wildman–Crippen MR) is 118 cm³/mol. The molecule has 0 aliphatic heterocycles. The third kappa shape index (κ3) is 5.48. The molecule has 0 bridgehead atoms. The molecule has 3 aromatic carbocycles. The first-order valence-electron chi connectivity index (χ1n) is 9.03. The van der Waals surface area contributed by atoms with Crippen molar-refractivity contribution in [2.45, 2.75) is 11.8 Å². The lowest BCUT2D eigenvalue weighted by Gasteiger charge is -2.12. The normalized spacial score (nSPS) is 11.1. The van der Waals surface area contributed by atoms with E-state index >= 15 is 0 Å². The first-order chi connectivity index (χ1) is 14.5. The molecule has 6 nitrogen and oxygen atoms in total. The second-order valence-corrected chi connectivity index (χ2v) is 9.31. The van der Waals surface area contributed by atoms with Crippen LogP contribution in [-0.2, 0) is 9.84 Å². The topological polar surface area (TPSA) is 92.3 Å². The summed E-state index contributed by atoms with van der Waals surface area (Å²) in [5.41, 5.74) is 1.52. The molecule has 0 unspecified atom stereocenters. The van der Waals surface area contributed by atoms with E-state index in [4.69, 9.17) is 11.6 Å². The van der Waals surface area contributed by atoms with Gasteiger partial charge in [0, 0.05) is 28.2 Å². The minimum Gasteiger partial charge on any atom is -0.322 e. The molecule has 3 aromatic rings. The Morgan fingerprint density at radius 3 is 2.35 bits per heavy atom. The van der Waals surface area contributed by atoms with E-state index in [1.807, 2.05) is 0 Å². The maximum absolute atomic E-state index is 13.9. The Bertz CT molecular complexity index is 1290. The van der Waals surface area contributed by atoms with Crippen LogP contribution in [0.4, 0.5) is 15.8 Å². The van der Waals surface area contributed by atoms with Gasteiger partial charge in [-0.2, -0.15) is 0 Å². The van der Waals surface area contributed by atoms with Crippen molar-refractivity contribution in [2.75, 3.05) is 16.9 Å². The van der Waals surface area contributed by atoms with Gasteiger partial charge in [0.15, 0.2) is 9.84 Å². The predicted octanol–water partition coefficient (Wildman–Crippen LogP) is 4.70. The van der Waals surface area contributed by atoms with Gasteiger partial charge in [0.25, 0.3) is 11.8 Å². The summed E-state index contributed by atoms with van der Waals surface area (Å²) in [6.45, 7) is 1.72. The van der Waals surface area contributed by atoms with E-state index in [0.29, 0.717) is 16.9 Å². The van der Waals surface area contributed by atoms with E-state index in [1.165, 1.54) is 36.4 Å². The quantitative estimate of drug-likeness (QED) is 0.577. The standard InChI is InChI=1S/C22H18ClFN2O4S/c1-13-10-16(25-22(28)18-12-15(23)6-8-19(18)24)7-9-20(13)26-21(27)14-4-3-5-17(11-14)31(2,29)30/h3-12H,1-2H3,(H,25,28)(H,26,27). The second kappa shape index (κ2) is 8.87. The van der Waals surface area contributed by atoms with Crippen molar-refractivity contribution in [1.29, 1.82) is 0 Å². The summed E-state index contributed by atoms with van der Waals surface area (Å²) < 4.78 is 37.3. The van der Waals surface area contributed by atoms with Crippen molar-refractivity contribution in [3.05, 3.63) is 88.2 Å². The number of aryl methyl sites for hydroxylation is 1. The van der Waals surface area contributed by atoms with Gasteiger partial charge in [-0.15, -0.1) is 0 Å². The molecule has 3 rings (SSSR count). The zero-order valence-corrected chi connectivity index (χ0v) is 18.1. The first-order valence-corrected chi connectivity index (χ1v) is 11.3. The number of carbonyl (C=O) groups is 2. The summed E-state index contributed by atoms with van der Waals surface area (Å²) in [6, 6.07) is 14.2. The SMILES string of the molecule is Cc1cc(NC(=O)c2cc(Cl)ccc2F)ccc1NC(=O)c1cccc(S(C)(=O)=O)c1. The van der Waals surface area contributed by atoms with Crippen LogP contribution in [0.3, 0.4) is 0 Å². The summed E-state index contributed by atoms with van der Waals surface area (Å²) in [5.74, 6) is -1.83. The molecule has 0 radical (unpaired) electrons. The Balaban J connectivity index is 1.76. The molecule has 0 heterocycles. The van der Waals surface area contributed by atoms with Crippen LogP contribution >= 0.6 is 11.6 Å². The van der Waals surface area contributed by atoms with Crippen molar-refractivity contribution < 1.29 is 22.4 Å². The maximum Gasteiger partial charge on any atom is 0.258 e. The molecule has 9 heteroatoms. The van der Waals surface area contributed by atoms with E-state index in [9.17, 15) is 22.4 Å². The van der Waals surface area contributed by atoms with E-state index < -0.39 is 27.5 Å². The molecule has 2 amide bonds. The molecule has 0 atom stereocenters. The minimum atomic E-state index is -3.44. The second-order valence-electron chi connectivity index (χ2n) is 6.86. The van der Waals surface area contributed by atoms with Crippen molar-refractivity contribution in [3.63, 3.8) is 0 Å². The molecular formula is C22H18ClFN2O4S. The van der Waals surface area contributed by atoms with Crippen LogP contribution in [0, 0.1) is 12.7 Å². The molecule has 31 heavy (non-hydrogen) atoms. The van der Waals surface area contributed by atoms with Crippen LogP contribution in [0.15, 0.2) is 65.6 Å². The Morgan fingerprint density at radius 1 is 0.935 bits per heavy atom. The number of rotatable bonds is 5. The van der Waals surface area contributed by atoms with Gasteiger partial charge in [-0.25, -0.2) is 12.8 Å². The smallest absolute Gasteiger partial charge is 0.258 e. The van der Waals surface area contributed by atoms with Gasteiger partial charge in [0.2, 0.25) is 0 Å².